The minimum atomic E-state index is -1.64. The molecule has 1 aliphatic heterocycles. The van der Waals surface area contributed by atoms with E-state index in [-0.39, 0.29) is 12.1 Å². The van der Waals surface area contributed by atoms with Gasteiger partial charge in [0.2, 0.25) is 0 Å². The summed E-state index contributed by atoms with van der Waals surface area (Å²) in [5.41, 5.74) is -1.61. The van der Waals surface area contributed by atoms with Gasteiger partial charge in [0.15, 0.2) is 0 Å². The van der Waals surface area contributed by atoms with E-state index < -0.39 is 23.3 Å². The van der Waals surface area contributed by atoms with Crippen molar-refractivity contribution in [3.8, 4) is 0 Å². The quantitative estimate of drug-likeness (QED) is 0.734. The number of benzene rings is 1. The first kappa shape index (κ1) is 17.7. The van der Waals surface area contributed by atoms with Crippen LogP contribution in [0.15, 0.2) is 43.2 Å². The molecule has 0 bridgehead atoms. The molecular weight excluding hydrogens is 354 g/mol. The molecule has 0 spiro atoms. The summed E-state index contributed by atoms with van der Waals surface area (Å²) in [6.07, 6.45) is 6.47. The Balaban J connectivity index is 1.71. The first-order chi connectivity index (χ1) is 13.0. The number of hydrogen-bond acceptors (Lipinski definition) is 5. The molecule has 142 valence electrons. The summed E-state index contributed by atoms with van der Waals surface area (Å²) in [5, 5.41) is 15.7. The van der Waals surface area contributed by atoms with E-state index in [1.54, 1.807) is 6.20 Å². The van der Waals surface area contributed by atoms with Gasteiger partial charge in [-0.3, -0.25) is 4.90 Å². The number of halogens is 2. The highest BCUT2D eigenvalue weighted by molar-refractivity contribution is 5.27. The minimum Gasteiger partial charge on any atom is -0.381 e. The first-order valence-electron chi connectivity index (χ1n) is 8.72. The molecule has 0 amide bonds. The van der Waals surface area contributed by atoms with Gasteiger partial charge in [0.25, 0.3) is 0 Å². The summed E-state index contributed by atoms with van der Waals surface area (Å²) in [4.78, 5) is 10.3. The van der Waals surface area contributed by atoms with Crippen molar-refractivity contribution in [3.63, 3.8) is 0 Å². The minimum absolute atomic E-state index is 0.0122. The highest BCUT2D eigenvalue weighted by Crippen LogP contribution is 2.34. The van der Waals surface area contributed by atoms with Gasteiger partial charge in [-0.15, -0.1) is 0 Å². The maximum absolute atomic E-state index is 14.6. The predicted molar refractivity (Wildman–Crippen MR) is 92.4 cm³/mol. The molecule has 27 heavy (non-hydrogen) atoms. The molecule has 3 aromatic rings. The molecule has 0 fully saturated rings. The molecule has 0 aliphatic carbocycles. The molecule has 2 atom stereocenters. The Morgan fingerprint density at radius 2 is 2.15 bits per heavy atom. The Morgan fingerprint density at radius 1 is 1.30 bits per heavy atom. The highest BCUT2D eigenvalue weighted by atomic mass is 19.1. The number of rotatable bonds is 5. The van der Waals surface area contributed by atoms with Gasteiger partial charge in [-0.05, 0) is 13.0 Å². The van der Waals surface area contributed by atoms with Crippen molar-refractivity contribution in [3.05, 3.63) is 66.3 Å². The first-order valence-corrected chi connectivity index (χ1v) is 8.72. The monoisotopic (exact) mass is 374 g/mol. The molecule has 3 heterocycles. The lowest BCUT2D eigenvalue weighted by atomic mass is 9.85. The van der Waals surface area contributed by atoms with Crippen LogP contribution < -0.4 is 0 Å². The Labute approximate surface area is 154 Å². The molecule has 4 rings (SSSR count). The van der Waals surface area contributed by atoms with Gasteiger partial charge < -0.3 is 9.67 Å². The zero-order valence-electron chi connectivity index (χ0n) is 14.8. The average molecular weight is 374 g/mol. The average Bonchev–Trinajstić information content (AvgIpc) is 3.31. The molecule has 9 heteroatoms. The van der Waals surface area contributed by atoms with Crippen LogP contribution in [-0.2, 0) is 25.2 Å². The van der Waals surface area contributed by atoms with Crippen LogP contribution in [0.4, 0.5) is 8.78 Å². The maximum Gasteiger partial charge on any atom is 0.137 e. The molecular formula is C18H20F2N6O. The van der Waals surface area contributed by atoms with Crippen molar-refractivity contribution in [1.82, 2.24) is 29.2 Å². The third kappa shape index (κ3) is 3.24. The largest absolute Gasteiger partial charge is 0.381 e. The third-order valence-corrected chi connectivity index (χ3v) is 5.28. The van der Waals surface area contributed by atoms with Gasteiger partial charge >= 0.3 is 0 Å². The van der Waals surface area contributed by atoms with Crippen molar-refractivity contribution in [2.45, 2.75) is 38.2 Å². The second kappa shape index (κ2) is 6.82. The zero-order valence-corrected chi connectivity index (χ0v) is 14.8. The van der Waals surface area contributed by atoms with E-state index in [0.717, 1.165) is 24.5 Å². The summed E-state index contributed by atoms with van der Waals surface area (Å²) < 4.78 is 31.5. The number of aromatic nitrogens is 5. The van der Waals surface area contributed by atoms with Gasteiger partial charge in [0.05, 0.1) is 13.1 Å². The van der Waals surface area contributed by atoms with Crippen LogP contribution in [0.3, 0.4) is 0 Å². The summed E-state index contributed by atoms with van der Waals surface area (Å²) in [6.45, 7) is 3.74. The lowest BCUT2D eigenvalue weighted by molar-refractivity contribution is -0.0709. The van der Waals surface area contributed by atoms with Crippen LogP contribution in [0.25, 0.3) is 0 Å². The van der Waals surface area contributed by atoms with E-state index >= 15 is 0 Å². The molecule has 0 radical (unpaired) electrons. The fraction of sp³-hybridized carbons (Fsp3) is 0.389. The molecule has 0 saturated heterocycles. The Bertz CT molecular complexity index is 928. The van der Waals surface area contributed by atoms with Crippen molar-refractivity contribution in [2.75, 3.05) is 6.54 Å². The van der Waals surface area contributed by atoms with Crippen LogP contribution in [0.2, 0.25) is 0 Å². The van der Waals surface area contributed by atoms with Gasteiger partial charge in [-0.2, -0.15) is 5.10 Å². The van der Waals surface area contributed by atoms with Crippen molar-refractivity contribution in [2.24, 2.45) is 0 Å². The van der Waals surface area contributed by atoms with Crippen molar-refractivity contribution >= 4 is 0 Å². The Morgan fingerprint density at radius 3 is 2.89 bits per heavy atom. The van der Waals surface area contributed by atoms with Crippen LogP contribution in [0, 0.1) is 11.6 Å². The normalized spacial score (nSPS) is 18.1. The number of aliphatic hydroxyl groups is 1. The van der Waals surface area contributed by atoms with E-state index in [0.29, 0.717) is 13.1 Å². The summed E-state index contributed by atoms with van der Waals surface area (Å²) in [5.74, 6) is -0.592. The fourth-order valence-electron chi connectivity index (χ4n) is 3.67. The molecule has 0 saturated carbocycles. The maximum atomic E-state index is 14.6. The highest BCUT2D eigenvalue weighted by Gasteiger charge is 2.42. The number of nitrogens with zero attached hydrogens (tertiary/aromatic N) is 6. The second-order valence-electron chi connectivity index (χ2n) is 6.82. The third-order valence-electron chi connectivity index (χ3n) is 5.28. The van der Waals surface area contributed by atoms with Gasteiger partial charge in [0.1, 0.15) is 35.7 Å². The molecule has 1 aliphatic rings. The standard InChI is InChI=1S/C18H20F2N6O/c1-13(25-7-6-24-5-4-22-17(24)9-25)18(27,10-26-12-21-11-23-26)15-3-2-14(19)8-16(15)20/h2-5,8,11-13,27H,6-7,9-10H2,1H3. The van der Waals surface area contributed by atoms with E-state index in [9.17, 15) is 13.9 Å². The number of hydrogen-bond donors (Lipinski definition) is 1. The zero-order chi connectivity index (χ0) is 19.0. The van der Waals surface area contributed by atoms with Crippen LogP contribution >= 0.6 is 0 Å². The molecule has 1 aromatic carbocycles. The van der Waals surface area contributed by atoms with E-state index in [4.69, 9.17) is 0 Å². The van der Waals surface area contributed by atoms with Gasteiger partial charge in [-0.25, -0.2) is 23.4 Å². The number of imidazole rings is 1. The Kier molecular flexibility index (Phi) is 4.48. The summed E-state index contributed by atoms with van der Waals surface area (Å²) >= 11 is 0. The smallest absolute Gasteiger partial charge is 0.137 e. The topological polar surface area (TPSA) is 72.0 Å². The molecule has 1 N–H and O–H groups in total. The summed E-state index contributed by atoms with van der Waals surface area (Å²) in [6, 6.07) is 2.76. The SMILES string of the molecule is CC(N1CCn2ccnc2C1)C(O)(Cn1cncn1)c1ccc(F)cc1F. The molecule has 2 unspecified atom stereocenters. The van der Waals surface area contributed by atoms with Gasteiger partial charge in [-0.1, -0.05) is 6.07 Å². The summed E-state index contributed by atoms with van der Waals surface area (Å²) in [7, 11) is 0. The van der Waals surface area contributed by atoms with Crippen LogP contribution in [0.5, 0.6) is 0 Å². The Hall–Kier alpha value is -2.65. The lowest BCUT2D eigenvalue weighted by Crippen LogP contribution is -2.53. The van der Waals surface area contributed by atoms with Crippen LogP contribution in [-0.4, -0.2) is 46.9 Å². The molecule has 7 nitrogen and oxygen atoms in total. The van der Waals surface area contributed by atoms with E-state index in [1.807, 2.05) is 18.0 Å². The van der Waals surface area contributed by atoms with E-state index in [1.165, 1.54) is 23.4 Å². The van der Waals surface area contributed by atoms with E-state index in [2.05, 4.69) is 19.6 Å². The van der Waals surface area contributed by atoms with Crippen molar-refractivity contribution < 1.29 is 13.9 Å². The lowest BCUT2D eigenvalue weighted by Gasteiger charge is -2.42. The predicted octanol–water partition coefficient (Wildman–Crippen LogP) is 1.54. The second-order valence-corrected chi connectivity index (χ2v) is 6.82. The number of fused-ring (bicyclic) bond motifs is 1. The van der Waals surface area contributed by atoms with Crippen LogP contribution in [0.1, 0.15) is 18.3 Å². The molecule has 2 aromatic heterocycles. The fourth-order valence-corrected chi connectivity index (χ4v) is 3.67. The van der Waals surface area contributed by atoms with Gasteiger partial charge in [0, 0.05) is 43.2 Å². The van der Waals surface area contributed by atoms with Crippen molar-refractivity contribution in [1.29, 1.82) is 0 Å².